The van der Waals surface area contributed by atoms with Crippen LogP contribution in [-0.4, -0.2) is 16.5 Å². The third-order valence-electron chi connectivity index (χ3n) is 1.57. The summed E-state index contributed by atoms with van der Waals surface area (Å²) in [6, 6.07) is 0. The number of nitriles is 1. The largest absolute Gasteiger partial charge is 1.00 e. The maximum absolute atomic E-state index is 10.0. The number of aromatic amines is 1. The number of thiocyanates is 1. The minimum Gasteiger partial charge on any atom is -1.00 e. The monoisotopic (exact) mass is 488 g/mol. The SMILES string of the molecule is CC(=O)CSC#N.Cc1csc(Cl)[nH+]1.Cc1csc(Cl)n1.Cl.[Cl-].[Cl-]. The van der Waals surface area contributed by atoms with E-state index >= 15 is 0 Å². The van der Waals surface area contributed by atoms with Crippen LogP contribution in [0.5, 0.6) is 0 Å². The van der Waals surface area contributed by atoms with E-state index in [1.807, 2.05) is 24.6 Å². The number of carbonyl (C=O) groups is 1. The first kappa shape index (κ1) is 31.9. The zero-order valence-electron chi connectivity index (χ0n) is 12.8. The third kappa shape index (κ3) is 20.3. The van der Waals surface area contributed by atoms with Crippen LogP contribution in [0.1, 0.15) is 18.3 Å². The quantitative estimate of drug-likeness (QED) is 0.499. The summed E-state index contributed by atoms with van der Waals surface area (Å²) in [5.74, 6) is 0.364. The Kier molecular flexibility index (Phi) is 26.0. The van der Waals surface area contributed by atoms with E-state index in [0.29, 0.717) is 10.2 Å². The van der Waals surface area contributed by atoms with Gasteiger partial charge in [-0.2, -0.15) is 10.2 Å². The molecule has 2 aromatic heterocycles. The second kappa shape index (κ2) is 19.5. The lowest BCUT2D eigenvalue weighted by atomic mass is 10.5. The predicted molar refractivity (Wildman–Crippen MR) is 98.5 cm³/mol. The van der Waals surface area contributed by atoms with E-state index in [9.17, 15) is 4.79 Å². The number of hydrogen-bond acceptors (Lipinski definition) is 6. The Hall–Kier alpha value is 0.220. The summed E-state index contributed by atoms with van der Waals surface area (Å²) < 4.78 is 1.37. The molecule has 0 saturated heterocycles. The molecule has 2 heterocycles. The van der Waals surface area contributed by atoms with Crippen LogP contribution in [0.2, 0.25) is 8.93 Å². The van der Waals surface area contributed by atoms with Crippen LogP contribution in [0.15, 0.2) is 10.8 Å². The normalized spacial score (nSPS) is 7.67. The summed E-state index contributed by atoms with van der Waals surface area (Å²) in [5, 5.41) is 13.6. The maximum atomic E-state index is 10.0. The summed E-state index contributed by atoms with van der Waals surface area (Å²) in [6.45, 7) is 5.36. The molecule has 0 unspecified atom stereocenters. The fourth-order valence-electron chi connectivity index (χ4n) is 0.813. The molecule has 0 radical (unpaired) electrons. The van der Waals surface area contributed by atoms with Gasteiger partial charge in [-0.1, -0.05) is 22.9 Å². The molecule has 138 valence electrons. The number of rotatable bonds is 2. The van der Waals surface area contributed by atoms with Crippen molar-refractivity contribution in [1.82, 2.24) is 4.98 Å². The van der Waals surface area contributed by atoms with E-state index in [1.54, 1.807) is 5.40 Å². The minimum absolute atomic E-state index is 0. The van der Waals surface area contributed by atoms with Gasteiger partial charge in [-0.15, -0.1) is 23.7 Å². The van der Waals surface area contributed by atoms with Crippen LogP contribution in [0.25, 0.3) is 0 Å². The number of carbonyl (C=O) groups excluding carboxylic acids is 1. The van der Waals surface area contributed by atoms with E-state index < -0.39 is 0 Å². The Morgan fingerprint density at radius 2 is 1.92 bits per heavy atom. The zero-order chi connectivity index (χ0) is 16.3. The van der Waals surface area contributed by atoms with Gasteiger partial charge in [0.2, 0.25) is 0 Å². The molecular weight excluding hydrogens is 476 g/mol. The van der Waals surface area contributed by atoms with Crippen LogP contribution in [-0.2, 0) is 4.79 Å². The molecule has 0 fully saturated rings. The number of aromatic nitrogens is 2. The highest BCUT2D eigenvalue weighted by molar-refractivity contribution is 8.04. The third-order valence-corrected chi connectivity index (χ3v) is 4.48. The Balaban J connectivity index is -0.000000118. The standard InChI is InChI=1S/2C4H4ClNS.C4H5NOS.3ClH/c2*1-3-2-7-4(5)6-3;1-4(6)2-7-3-5;;;/h2*2H,1H3;2H2,1H3;3*1H/p-1. The summed E-state index contributed by atoms with van der Waals surface area (Å²) in [6.07, 6.45) is 0. The Labute approximate surface area is 182 Å². The number of nitrogens with one attached hydrogen (secondary N) is 1. The van der Waals surface area contributed by atoms with Gasteiger partial charge in [-0.05, 0) is 25.6 Å². The number of Topliss-reactive ketones (excluding diaryl/α,β-unsaturated/α-hetero) is 1. The fourth-order valence-corrected chi connectivity index (χ4v) is 2.71. The fraction of sp³-hybridized carbons (Fsp3) is 0.333. The lowest BCUT2D eigenvalue weighted by Crippen LogP contribution is -3.00. The maximum Gasteiger partial charge on any atom is 0.331 e. The number of thioether (sulfide) groups is 1. The van der Waals surface area contributed by atoms with Crippen molar-refractivity contribution >= 4 is 75.8 Å². The summed E-state index contributed by atoms with van der Waals surface area (Å²) in [4.78, 5) is 16.8. The van der Waals surface area contributed by atoms with E-state index in [1.165, 1.54) is 29.6 Å². The number of hydrogen-bond donors (Lipinski definition) is 0. The lowest BCUT2D eigenvalue weighted by molar-refractivity contribution is -0.377. The van der Waals surface area contributed by atoms with Gasteiger partial charge >= 0.3 is 4.47 Å². The highest BCUT2D eigenvalue weighted by atomic mass is 35.5. The molecule has 2 aromatic rings. The van der Waals surface area contributed by atoms with Crippen molar-refractivity contribution in [1.29, 1.82) is 5.26 Å². The van der Waals surface area contributed by atoms with Gasteiger partial charge in [0.1, 0.15) is 11.2 Å². The molecule has 0 amide bonds. The Morgan fingerprint density at radius 1 is 1.33 bits per heavy atom. The number of aryl methyl sites for hydroxylation is 2. The number of H-pyrrole nitrogens is 1. The van der Waals surface area contributed by atoms with Gasteiger partial charge in [0.15, 0.2) is 10.2 Å². The first-order valence-electron chi connectivity index (χ1n) is 5.56. The molecular formula is C12H15Cl5N3OS3-. The van der Waals surface area contributed by atoms with Gasteiger partial charge in [-0.3, -0.25) is 4.79 Å². The number of halogens is 5. The van der Waals surface area contributed by atoms with Gasteiger partial charge in [0, 0.05) is 29.6 Å². The Bertz CT molecular complexity index is 530. The van der Waals surface area contributed by atoms with Crippen molar-refractivity contribution in [3.63, 3.8) is 0 Å². The second-order valence-corrected chi connectivity index (χ2v) is 7.32. The summed E-state index contributed by atoms with van der Waals surface area (Å²) in [7, 11) is 0. The van der Waals surface area contributed by atoms with Crippen molar-refractivity contribution < 1.29 is 34.6 Å². The number of ketones is 1. The molecule has 0 atom stereocenters. The smallest absolute Gasteiger partial charge is 0.331 e. The van der Waals surface area contributed by atoms with Crippen LogP contribution in [0, 0.1) is 24.5 Å². The molecule has 0 aliphatic rings. The summed E-state index contributed by atoms with van der Waals surface area (Å²) >= 11 is 14.9. The molecule has 24 heavy (non-hydrogen) atoms. The van der Waals surface area contributed by atoms with Crippen molar-refractivity contribution in [3.05, 3.63) is 31.1 Å². The minimum atomic E-state index is 0. The van der Waals surface area contributed by atoms with Crippen molar-refractivity contribution in [2.45, 2.75) is 20.8 Å². The van der Waals surface area contributed by atoms with Crippen LogP contribution < -0.4 is 29.8 Å². The van der Waals surface area contributed by atoms with Crippen molar-refractivity contribution in [2.75, 3.05) is 5.75 Å². The van der Waals surface area contributed by atoms with Crippen LogP contribution in [0.4, 0.5) is 0 Å². The highest BCUT2D eigenvalue weighted by Gasteiger charge is 1.98. The van der Waals surface area contributed by atoms with Crippen LogP contribution in [0.3, 0.4) is 0 Å². The van der Waals surface area contributed by atoms with E-state index in [2.05, 4.69) is 9.97 Å². The lowest BCUT2D eigenvalue weighted by Gasteiger charge is -1.78. The molecule has 1 N–H and O–H groups in total. The predicted octanol–water partition coefficient (Wildman–Crippen LogP) is -1.15. The Morgan fingerprint density at radius 3 is 2.04 bits per heavy atom. The molecule has 4 nitrogen and oxygen atoms in total. The molecule has 0 spiro atoms. The first-order valence-corrected chi connectivity index (χ1v) is 9.06. The van der Waals surface area contributed by atoms with Gasteiger partial charge in [0.25, 0.3) is 0 Å². The first-order chi connectivity index (χ1) is 9.85. The van der Waals surface area contributed by atoms with Gasteiger partial charge in [0.05, 0.1) is 11.1 Å². The van der Waals surface area contributed by atoms with Gasteiger partial charge in [-0.25, -0.2) is 4.98 Å². The molecule has 0 aliphatic carbocycles. The van der Waals surface area contributed by atoms with E-state index in [0.717, 1.165) is 27.6 Å². The second-order valence-electron chi connectivity index (χ2n) is 3.64. The van der Waals surface area contributed by atoms with E-state index in [-0.39, 0.29) is 43.0 Å². The number of nitrogens with zero attached hydrogens (tertiary/aromatic N) is 2. The summed E-state index contributed by atoms with van der Waals surface area (Å²) in [5.41, 5.74) is 2.12. The molecule has 0 saturated carbocycles. The van der Waals surface area contributed by atoms with E-state index in [4.69, 9.17) is 28.5 Å². The van der Waals surface area contributed by atoms with Crippen LogP contribution >= 0.6 is 70.0 Å². The van der Waals surface area contributed by atoms with Crippen molar-refractivity contribution in [2.24, 2.45) is 0 Å². The molecule has 0 aliphatic heterocycles. The average molecular weight is 491 g/mol. The highest BCUT2D eigenvalue weighted by Crippen LogP contribution is 2.13. The topological polar surface area (TPSA) is 67.9 Å². The number of thiazole rings is 2. The van der Waals surface area contributed by atoms with Crippen molar-refractivity contribution in [3.8, 4) is 5.40 Å². The molecule has 12 heteroatoms. The molecule has 0 aromatic carbocycles. The molecule has 2 rings (SSSR count). The zero-order valence-corrected chi connectivity index (χ0v) is 19.1. The molecule has 0 bridgehead atoms. The average Bonchev–Trinajstić information content (AvgIpc) is 2.96. The van der Waals surface area contributed by atoms with Gasteiger partial charge < -0.3 is 24.8 Å².